The van der Waals surface area contributed by atoms with Crippen molar-refractivity contribution in [2.45, 2.75) is 13.1 Å². The Morgan fingerprint density at radius 1 is 1.47 bits per heavy atom. The normalized spacial score (nSPS) is 10.2. The first kappa shape index (κ1) is 13.0. The number of ether oxygens (including phenoxy) is 2. The molecule has 0 bridgehead atoms. The number of nitrogens with zero attached hydrogens (tertiary/aromatic N) is 2. The van der Waals surface area contributed by atoms with Gasteiger partial charge in [0.1, 0.15) is 12.3 Å². The summed E-state index contributed by atoms with van der Waals surface area (Å²) in [6.45, 7) is 0.389. The minimum atomic E-state index is -0.194. The maximum atomic E-state index is 11.8. The molecular weight excluding hydrogens is 250 g/mol. The van der Waals surface area contributed by atoms with Crippen molar-refractivity contribution < 1.29 is 18.7 Å². The van der Waals surface area contributed by atoms with E-state index < -0.39 is 0 Å². The van der Waals surface area contributed by atoms with E-state index in [0.29, 0.717) is 24.1 Å². The van der Waals surface area contributed by atoms with Gasteiger partial charge in [0.05, 0.1) is 33.1 Å². The minimum Gasteiger partial charge on any atom is -0.481 e. The van der Waals surface area contributed by atoms with Crippen LogP contribution in [0.1, 0.15) is 5.76 Å². The standard InChI is InChI=1S/C12H15N3O4/c1-17-11-6-12(18-2)15(14-11)8-10(16)13-7-9-4-3-5-19-9/h3-6H,7-8H2,1-2H3,(H,13,16). The monoisotopic (exact) mass is 265 g/mol. The predicted octanol–water partition coefficient (Wildman–Crippen LogP) is 0.810. The summed E-state index contributed by atoms with van der Waals surface area (Å²) in [5.41, 5.74) is 0. The molecule has 0 spiro atoms. The maximum Gasteiger partial charge on any atom is 0.242 e. The summed E-state index contributed by atoms with van der Waals surface area (Å²) < 4.78 is 16.6. The molecule has 2 aromatic heterocycles. The van der Waals surface area contributed by atoms with Crippen molar-refractivity contribution in [3.8, 4) is 11.8 Å². The fourth-order valence-corrected chi connectivity index (χ4v) is 1.55. The van der Waals surface area contributed by atoms with Crippen molar-refractivity contribution in [1.82, 2.24) is 15.1 Å². The Morgan fingerprint density at radius 3 is 2.95 bits per heavy atom. The number of furan rings is 1. The van der Waals surface area contributed by atoms with Crippen molar-refractivity contribution in [2.75, 3.05) is 14.2 Å². The van der Waals surface area contributed by atoms with Gasteiger partial charge in [0.2, 0.25) is 17.7 Å². The molecule has 0 saturated heterocycles. The highest BCUT2D eigenvalue weighted by molar-refractivity contribution is 5.75. The molecule has 1 amide bonds. The summed E-state index contributed by atoms with van der Waals surface area (Å²) in [5.74, 6) is 1.36. The highest BCUT2D eigenvalue weighted by Gasteiger charge is 2.12. The molecule has 102 valence electrons. The van der Waals surface area contributed by atoms with Crippen LogP contribution in [0.5, 0.6) is 11.8 Å². The van der Waals surface area contributed by atoms with E-state index in [2.05, 4.69) is 10.4 Å². The zero-order valence-electron chi connectivity index (χ0n) is 10.8. The number of nitrogens with one attached hydrogen (secondary N) is 1. The molecule has 0 fully saturated rings. The molecule has 19 heavy (non-hydrogen) atoms. The molecule has 0 atom stereocenters. The van der Waals surface area contributed by atoms with E-state index in [4.69, 9.17) is 13.9 Å². The molecule has 2 heterocycles. The Balaban J connectivity index is 1.92. The number of carbonyl (C=O) groups excluding carboxylic acids is 1. The molecular formula is C12H15N3O4. The summed E-state index contributed by atoms with van der Waals surface area (Å²) in [4.78, 5) is 11.8. The van der Waals surface area contributed by atoms with Crippen molar-refractivity contribution in [1.29, 1.82) is 0 Å². The van der Waals surface area contributed by atoms with Crippen molar-refractivity contribution in [3.05, 3.63) is 30.2 Å². The Morgan fingerprint density at radius 2 is 2.32 bits per heavy atom. The average molecular weight is 265 g/mol. The van der Waals surface area contributed by atoms with Gasteiger partial charge >= 0.3 is 0 Å². The summed E-state index contributed by atoms with van der Waals surface area (Å²) in [6.07, 6.45) is 1.56. The predicted molar refractivity (Wildman–Crippen MR) is 65.9 cm³/mol. The number of carbonyl (C=O) groups is 1. The summed E-state index contributed by atoms with van der Waals surface area (Å²) in [5, 5.41) is 6.79. The summed E-state index contributed by atoms with van der Waals surface area (Å²) >= 11 is 0. The average Bonchev–Trinajstić information content (AvgIpc) is 3.05. The SMILES string of the molecule is COc1cc(OC)n(CC(=O)NCc2ccco2)n1. The first-order valence-corrected chi connectivity index (χ1v) is 5.68. The Kier molecular flexibility index (Phi) is 4.07. The lowest BCUT2D eigenvalue weighted by Gasteiger charge is -2.06. The lowest BCUT2D eigenvalue weighted by atomic mass is 10.4. The van der Waals surface area contributed by atoms with Crippen LogP contribution in [0.25, 0.3) is 0 Å². The van der Waals surface area contributed by atoms with Gasteiger partial charge in [0.15, 0.2) is 0 Å². The van der Waals surface area contributed by atoms with Crippen molar-refractivity contribution in [3.63, 3.8) is 0 Å². The maximum absolute atomic E-state index is 11.8. The third-order valence-corrected chi connectivity index (χ3v) is 2.47. The number of rotatable bonds is 6. The Bertz CT molecular complexity index is 533. The van der Waals surface area contributed by atoms with Gasteiger partial charge in [-0.25, -0.2) is 4.68 Å². The van der Waals surface area contributed by atoms with Crippen LogP contribution in [0.15, 0.2) is 28.9 Å². The highest BCUT2D eigenvalue weighted by Crippen LogP contribution is 2.18. The molecule has 0 saturated carbocycles. The van der Waals surface area contributed by atoms with E-state index in [1.807, 2.05) is 0 Å². The van der Waals surface area contributed by atoms with Gasteiger partial charge in [-0.15, -0.1) is 5.10 Å². The molecule has 7 nitrogen and oxygen atoms in total. The third kappa shape index (κ3) is 3.27. The van der Waals surface area contributed by atoms with Crippen LogP contribution in [0.2, 0.25) is 0 Å². The van der Waals surface area contributed by atoms with Crippen molar-refractivity contribution >= 4 is 5.91 Å². The van der Waals surface area contributed by atoms with Gasteiger partial charge in [-0.2, -0.15) is 0 Å². The molecule has 7 heteroatoms. The largest absolute Gasteiger partial charge is 0.481 e. The molecule has 0 aliphatic rings. The van der Waals surface area contributed by atoms with Gasteiger partial charge < -0.3 is 19.2 Å². The van der Waals surface area contributed by atoms with Crippen LogP contribution in [0.4, 0.5) is 0 Å². The van der Waals surface area contributed by atoms with Crippen molar-refractivity contribution in [2.24, 2.45) is 0 Å². The van der Waals surface area contributed by atoms with E-state index in [1.54, 1.807) is 24.5 Å². The number of hydrogen-bond acceptors (Lipinski definition) is 5. The van der Waals surface area contributed by atoms with E-state index in [-0.39, 0.29) is 12.5 Å². The fraction of sp³-hybridized carbons (Fsp3) is 0.333. The Labute approximate surface area is 110 Å². The molecule has 0 radical (unpaired) electrons. The molecule has 1 N–H and O–H groups in total. The second-order valence-electron chi connectivity index (χ2n) is 3.74. The van der Waals surface area contributed by atoms with Gasteiger partial charge in [0, 0.05) is 0 Å². The molecule has 2 aromatic rings. The summed E-state index contributed by atoms with van der Waals surface area (Å²) in [6, 6.07) is 5.17. The van der Waals surface area contributed by atoms with Gasteiger partial charge in [0.25, 0.3) is 0 Å². The van der Waals surface area contributed by atoms with Crippen LogP contribution >= 0.6 is 0 Å². The quantitative estimate of drug-likeness (QED) is 0.836. The third-order valence-electron chi connectivity index (χ3n) is 2.47. The number of hydrogen-bond donors (Lipinski definition) is 1. The Hall–Kier alpha value is -2.44. The number of aromatic nitrogens is 2. The van der Waals surface area contributed by atoms with E-state index in [9.17, 15) is 4.79 Å². The zero-order valence-corrected chi connectivity index (χ0v) is 10.8. The highest BCUT2D eigenvalue weighted by atomic mass is 16.5. The van der Waals surface area contributed by atoms with E-state index >= 15 is 0 Å². The molecule has 0 unspecified atom stereocenters. The van der Waals surface area contributed by atoms with Crippen LogP contribution in [-0.2, 0) is 17.9 Å². The fourth-order valence-electron chi connectivity index (χ4n) is 1.55. The number of methoxy groups -OCH3 is 2. The van der Waals surface area contributed by atoms with Gasteiger partial charge in [-0.05, 0) is 12.1 Å². The second kappa shape index (κ2) is 5.94. The van der Waals surface area contributed by atoms with Crippen LogP contribution in [0, 0.1) is 0 Å². The second-order valence-corrected chi connectivity index (χ2v) is 3.74. The minimum absolute atomic E-state index is 0.0489. The zero-order chi connectivity index (χ0) is 13.7. The van der Waals surface area contributed by atoms with Gasteiger partial charge in [-0.3, -0.25) is 4.79 Å². The lowest BCUT2D eigenvalue weighted by Crippen LogP contribution is -2.27. The van der Waals surface area contributed by atoms with Crippen LogP contribution < -0.4 is 14.8 Å². The molecule has 2 rings (SSSR count). The van der Waals surface area contributed by atoms with E-state index in [0.717, 1.165) is 0 Å². The lowest BCUT2D eigenvalue weighted by molar-refractivity contribution is -0.122. The first-order valence-electron chi connectivity index (χ1n) is 5.68. The topological polar surface area (TPSA) is 78.5 Å². The molecule has 0 aliphatic carbocycles. The number of amides is 1. The summed E-state index contributed by atoms with van der Waals surface area (Å²) in [7, 11) is 3.01. The van der Waals surface area contributed by atoms with Crippen LogP contribution in [-0.4, -0.2) is 29.9 Å². The molecule has 0 aliphatic heterocycles. The van der Waals surface area contributed by atoms with Gasteiger partial charge in [-0.1, -0.05) is 0 Å². The van der Waals surface area contributed by atoms with E-state index in [1.165, 1.54) is 18.9 Å². The first-order chi connectivity index (χ1) is 9.22. The molecule has 0 aromatic carbocycles. The van der Waals surface area contributed by atoms with Crippen LogP contribution in [0.3, 0.4) is 0 Å². The smallest absolute Gasteiger partial charge is 0.242 e.